The van der Waals surface area contributed by atoms with Crippen LogP contribution in [0, 0.1) is 0 Å². The summed E-state index contributed by atoms with van der Waals surface area (Å²) in [6.45, 7) is 1.99. The van der Waals surface area contributed by atoms with Gasteiger partial charge in [-0.1, -0.05) is 0 Å². The van der Waals surface area contributed by atoms with Crippen molar-refractivity contribution in [3.8, 4) is 5.75 Å². The summed E-state index contributed by atoms with van der Waals surface area (Å²) >= 11 is 0. The minimum Gasteiger partial charge on any atom is -0.494 e. The number of ether oxygens (including phenoxy) is 2. The quantitative estimate of drug-likeness (QED) is 0.738. The van der Waals surface area contributed by atoms with Gasteiger partial charge in [-0.05, 0) is 37.6 Å². The Kier molecular flexibility index (Phi) is 6.49. The second kappa shape index (κ2) is 7.89. The third kappa shape index (κ3) is 7.56. The molecule has 0 aliphatic heterocycles. The predicted octanol–water partition coefficient (Wildman–Crippen LogP) is 3.47. The lowest BCUT2D eigenvalue weighted by molar-refractivity contribution is -0.173. The molecule has 0 atom stereocenters. The van der Waals surface area contributed by atoms with E-state index in [1.165, 1.54) is 0 Å². The highest BCUT2D eigenvalue weighted by Gasteiger charge is 2.27. The van der Waals surface area contributed by atoms with E-state index < -0.39 is 12.8 Å². The zero-order valence-corrected chi connectivity index (χ0v) is 10.8. The number of hydrogen-bond donors (Lipinski definition) is 1. The van der Waals surface area contributed by atoms with E-state index in [1.54, 1.807) is 0 Å². The van der Waals surface area contributed by atoms with Crippen LogP contribution < -0.4 is 10.1 Å². The van der Waals surface area contributed by atoms with E-state index in [-0.39, 0.29) is 6.61 Å². The minimum absolute atomic E-state index is 0.0868. The van der Waals surface area contributed by atoms with Crippen molar-refractivity contribution >= 4 is 5.69 Å². The van der Waals surface area contributed by atoms with Crippen LogP contribution in [0.5, 0.6) is 5.75 Å². The van der Waals surface area contributed by atoms with Gasteiger partial charge in [0.1, 0.15) is 12.4 Å². The van der Waals surface area contributed by atoms with E-state index >= 15 is 0 Å². The van der Waals surface area contributed by atoms with Crippen LogP contribution in [-0.4, -0.2) is 32.5 Å². The molecule has 3 nitrogen and oxygen atoms in total. The van der Waals surface area contributed by atoms with E-state index in [2.05, 4.69) is 10.1 Å². The topological polar surface area (TPSA) is 30.5 Å². The molecule has 1 aromatic carbocycles. The maximum atomic E-state index is 11.8. The lowest BCUT2D eigenvalue weighted by atomic mass is 10.3. The summed E-state index contributed by atoms with van der Waals surface area (Å²) in [4.78, 5) is 0. The highest BCUT2D eigenvalue weighted by molar-refractivity contribution is 5.46. The average molecular weight is 277 g/mol. The van der Waals surface area contributed by atoms with Gasteiger partial charge in [0, 0.05) is 18.8 Å². The van der Waals surface area contributed by atoms with Crippen LogP contribution in [0.4, 0.5) is 18.9 Å². The molecule has 0 radical (unpaired) electrons. The molecule has 0 amide bonds. The highest BCUT2D eigenvalue weighted by atomic mass is 19.4. The van der Waals surface area contributed by atoms with Gasteiger partial charge in [0.05, 0.1) is 6.61 Å². The molecule has 0 aliphatic rings. The Labute approximate surface area is 110 Å². The summed E-state index contributed by atoms with van der Waals surface area (Å²) in [5.41, 5.74) is 0.902. The van der Waals surface area contributed by atoms with Crippen molar-refractivity contribution < 1.29 is 22.6 Å². The molecule has 6 heteroatoms. The minimum atomic E-state index is -4.25. The number of benzene rings is 1. The van der Waals surface area contributed by atoms with Gasteiger partial charge in [-0.3, -0.25) is 0 Å². The molecule has 0 aliphatic carbocycles. The van der Waals surface area contributed by atoms with Gasteiger partial charge in [0.2, 0.25) is 0 Å². The normalized spacial score (nSPS) is 11.4. The molecule has 0 spiro atoms. The predicted molar refractivity (Wildman–Crippen MR) is 67.6 cm³/mol. The first kappa shape index (κ1) is 15.6. The second-order valence-electron chi connectivity index (χ2n) is 3.91. The van der Waals surface area contributed by atoms with Gasteiger partial charge in [0.25, 0.3) is 0 Å². The molecule has 0 bridgehead atoms. The van der Waals surface area contributed by atoms with Gasteiger partial charge in [0.15, 0.2) is 0 Å². The zero-order chi connectivity index (χ0) is 14.1. The summed E-state index contributed by atoms with van der Waals surface area (Å²) in [6.07, 6.45) is -3.73. The molecule has 0 saturated carbocycles. The Morgan fingerprint density at radius 1 is 1.16 bits per heavy atom. The van der Waals surface area contributed by atoms with Crippen LogP contribution in [0.1, 0.15) is 13.3 Å². The van der Waals surface area contributed by atoms with Gasteiger partial charge >= 0.3 is 6.18 Å². The molecule has 0 unspecified atom stereocenters. The molecule has 108 valence electrons. The summed E-state index contributed by atoms with van der Waals surface area (Å²) in [6, 6.07) is 7.40. The summed E-state index contributed by atoms with van der Waals surface area (Å²) in [5, 5.41) is 3.09. The average Bonchev–Trinajstić information content (AvgIpc) is 2.35. The smallest absolute Gasteiger partial charge is 0.411 e. The standard InChI is InChI=1S/C13H18F3NO2/c1-2-19-12-6-4-11(5-7-12)17-8-3-9-18-10-13(14,15)16/h4-7,17H,2-3,8-10H2,1H3. The van der Waals surface area contributed by atoms with Crippen LogP contribution in [0.2, 0.25) is 0 Å². The van der Waals surface area contributed by atoms with E-state index in [9.17, 15) is 13.2 Å². The highest BCUT2D eigenvalue weighted by Crippen LogP contribution is 2.16. The lowest BCUT2D eigenvalue weighted by Crippen LogP contribution is -2.18. The van der Waals surface area contributed by atoms with Crippen molar-refractivity contribution in [2.45, 2.75) is 19.5 Å². The van der Waals surface area contributed by atoms with Crippen LogP contribution >= 0.6 is 0 Å². The molecule has 1 rings (SSSR count). The Morgan fingerprint density at radius 3 is 2.42 bits per heavy atom. The van der Waals surface area contributed by atoms with Crippen LogP contribution in [0.3, 0.4) is 0 Å². The van der Waals surface area contributed by atoms with Gasteiger partial charge in [-0.25, -0.2) is 0 Å². The number of nitrogens with one attached hydrogen (secondary N) is 1. The molecule has 19 heavy (non-hydrogen) atoms. The number of hydrogen-bond acceptors (Lipinski definition) is 3. The summed E-state index contributed by atoms with van der Waals surface area (Å²) in [5.74, 6) is 0.793. The van der Waals surface area contributed by atoms with E-state index in [1.807, 2.05) is 31.2 Å². The molecule has 0 saturated heterocycles. The molecule has 0 heterocycles. The van der Waals surface area contributed by atoms with E-state index in [0.717, 1.165) is 11.4 Å². The van der Waals surface area contributed by atoms with Crippen molar-refractivity contribution in [1.82, 2.24) is 0 Å². The lowest BCUT2D eigenvalue weighted by Gasteiger charge is -2.09. The number of alkyl halides is 3. The van der Waals surface area contributed by atoms with Gasteiger partial charge < -0.3 is 14.8 Å². The van der Waals surface area contributed by atoms with Crippen LogP contribution in [-0.2, 0) is 4.74 Å². The fourth-order valence-electron chi connectivity index (χ4n) is 1.43. The first-order valence-corrected chi connectivity index (χ1v) is 6.12. The van der Waals surface area contributed by atoms with Gasteiger partial charge in [-0.15, -0.1) is 0 Å². The monoisotopic (exact) mass is 277 g/mol. The van der Waals surface area contributed by atoms with Crippen molar-refractivity contribution in [1.29, 1.82) is 0 Å². The third-order valence-electron chi connectivity index (χ3n) is 2.23. The Balaban J connectivity index is 2.12. The molecule has 1 aromatic rings. The molecular weight excluding hydrogens is 259 g/mol. The Hall–Kier alpha value is -1.43. The van der Waals surface area contributed by atoms with Crippen LogP contribution in [0.25, 0.3) is 0 Å². The van der Waals surface area contributed by atoms with Crippen molar-refractivity contribution in [3.63, 3.8) is 0 Å². The van der Waals surface area contributed by atoms with E-state index in [4.69, 9.17) is 4.74 Å². The largest absolute Gasteiger partial charge is 0.494 e. The first-order chi connectivity index (χ1) is 9.01. The molecule has 0 fully saturated rings. The van der Waals surface area contributed by atoms with Crippen LogP contribution in [0.15, 0.2) is 24.3 Å². The third-order valence-corrected chi connectivity index (χ3v) is 2.23. The molecular formula is C13H18F3NO2. The first-order valence-electron chi connectivity index (χ1n) is 6.12. The van der Waals surface area contributed by atoms with E-state index in [0.29, 0.717) is 19.6 Å². The Morgan fingerprint density at radius 2 is 1.84 bits per heavy atom. The maximum absolute atomic E-state index is 11.8. The summed E-state index contributed by atoms with van der Waals surface area (Å²) < 4.78 is 45.1. The molecule has 1 N–H and O–H groups in total. The number of anilines is 1. The van der Waals surface area contributed by atoms with Gasteiger partial charge in [-0.2, -0.15) is 13.2 Å². The zero-order valence-electron chi connectivity index (χ0n) is 10.8. The summed E-state index contributed by atoms with van der Waals surface area (Å²) in [7, 11) is 0. The van der Waals surface area contributed by atoms with Crippen molar-refractivity contribution in [2.75, 3.05) is 31.7 Å². The molecule has 0 aromatic heterocycles. The number of halogens is 3. The Bertz CT molecular complexity index is 352. The second-order valence-corrected chi connectivity index (χ2v) is 3.91. The van der Waals surface area contributed by atoms with Crippen molar-refractivity contribution in [2.24, 2.45) is 0 Å². The fraction of sp³-hybridized carbons (Fsp3) is 0.538. The van der Waals surface area contributed by atoms with Crippen molar-refractivity contribution in [3.05, 3.63) is 24.3 Å². The fourth-order valence-corrected chi connectivity index (χ4v) is 1.43. The SMILES string of the molecule is CCOc1ccc(NCCCOCC(F)(F)F)cc1. The maximum Gasteiger partial charge on any atom is 0.411 e. The number of rotatable bonds is 8.